The number of nitrogens with one attached hydrogen (secondary N) is 2. The maximum absolute atomic E-state index is 12.5. The molecule has 0 atom stereocenters. The summed E-state index contributed by atoms with van der Waals surface area (Å²) in [6.07, 6.45) is 2.77. The second kappa shape index (κ2) is 7.82. The third-order valence-electron chi connectivity index (χ3n) is 4.58. The van der Waals surface area contributed by atoms with Gasteiger partial charge in [-0.2, -0.15) is 5.10 Å². The largest absolute Gasteiger partial charge is 0.355 e. The molecule has 0 unspecified atom stereocenters. The van der Waals surface area contributed by atoms with E-state index in [0.29, 0.717) is 18.0 Å². The molecule has 2 N–H and O–H groups in total. The van der Waals surface area contributed by atoms with E-state index in [1.807, 2.05) is 60.0 Å². The summed E-state index contributed by atoms with van der Waals surface area (Å²) in [5.41, 5.74) is 4.25. The molecule has 142 valence electrons. The third-order valence-corrected chi connectivity index (χ3v) is 4.84. The van der Waals surface area contributed by atoms with Gasteiger partial charge in [0, 0.05) is 41.0 Å². The molecule has 3 aromatic heterocycles. The van der Waals surface area contributed by atoms with E-state index in [4.69, 9.17) is 11.6 Å². The van der Waals surface area contributed by atoms with Crippen molar-refractivity contribution in [1.29, 1.82) is 0 Å². The number of aryl methyl sites for hydroxylation is 1. The zero-order valence-corrected chi connectivity index (χ0v) is 16.1. The van der Waals surface area contributed by atoms with Gasteiger partial charge in [0.1, 0.15) is 5.82 Å². The standard InChI is InChI=1S/C20H19ClN6O/c1-13-16(20(26-23-13)14-5-7-15(21)8-6-14)12-19(28)22-10-9-18-25-24-17-4-2-3-11-27(17)18/h2-8,11H,9-10,12H2,1H3,(H,22,28)(H,23,26). The van der Waals surface area contributed by atoms with Crippen LogP contribution in [-0.2, 0) is 17.6 Å². The fraction of sp³-hybridized carbons (Fsp3) is 0.200. The molecular formula is C20H19ClN6O. The van der Waals surface area contributed by atoms with Crippen LogP contribution in [0.25, 0.3) is 16.9 Å². The lowest BCUT2D eigenvalue weighted by molar-refractivity contribution is -0.120. The molecule has 1 aromatic carbocycles. The van der Waals surface area contributed by atoms with Gasteiger partial charge in [0.05, 0.1) is 12.1 Å². The van der Waals surface area contributed by atoms with E-state index in [0.717, 1.165) is 34.0 Å². The number of fused-ring (bicyclic) bond motifs is 1. The number of hydrogen-bond donors (Lipinski definition) is 2. The molecule has 0 saturated heterocycles. The van der Waals surface area contributed by atoms with Crippen LogP contribution in [0, 0.1) is 6.92 Å². The van der Waals surface area contributed by atoms with Gasteiger partial charge in [-0.25, -0.2) is 0 Å². The first-order chi connectivity index (χ1) is 13.6. The molecule has 0 aliphatic rings. The van der Waals surface area contributed by atoms with Gasteiger partial charge in [0.15, 0.2) is 5.65 Å². The number of hydrogen-bond acceptors (Lipinski definition) is 4. The maximum atomic E-state index is 12.5. The first-order valence-electron chi connectivity index (χ1n) is 8.97. The fourth-order valence-electron chi connectivity index (χ4n) is 3.11. The van der Waals surface area contributed by atoms with Gasteiger partial charge < -0.3 is 5.32 Å². The van der Waals surface area contributed by atoms with Gasteiger partial charge in [-0.05, 0) is 31.2 Å². The normalized spacial score (nSPS) is 11.1. The average Bonchev–Trinajstić information content (AvgIpc) is 3.27. The smallest absolute Gasteiger partial charge is 0.224 e. The minimum atomic E-state index is -0.0615. The molecule has 28 heavy (non-hydrogen) atoms. The number of carbonyl (C=O) groups is 1. The number of benzene rings is 1. The lowest BCUT2D eigenvalue weighted by Gasteiger charge is -2.07. The van der Waals surface area contributed by atoms with E-state index in [2.05, 4.69) is 25.7 Å². The van der Waals surface area contributed by atoms with Crippen molar-refractivity contribution in [2.75, 3.05) is 6.54 Å². The monoisotopic (exact) mass is 394 g/mol. The van der Waals surface area contributed by atoms with E-state index in [1.54, 1.807) is 0 Å². The van der Waals surface area contributed by atoms with E-state index >= 15 is 0 Å². The van der Waals surface area contributed by atoms with Crippen molar-refractivity contribution < 1.29 is 4.79 Å². The number of nitrogens with zero attached hydrogens (tertiary/aromatic N) is 4. The van der Waals surface area contributed by atoms with Crippen molar-refractivity contribution in [2.24, 2.45) is 0 Å². The average molecular weight is 395 g/mol. The van der Waals surface area contributed by atoms with E-state index in [-0.39, 0.29) is 12.3 Å². The van der Waals surface area contributed by atoms with E-state index in [1.165, 1.54) is 0 Å². The van der Waals surface area contributed by atoms with Crippen molar-refractivity contribution in [2.45, 2.75) is 19.8 Å². The molecule has 0 aliphatic carbocycles. The lowest BCUT2D eigenvalue weighted by Crippen LogP contribution is -2.28. The van der Waals surface area contributed by atoms with Gasteiger partial charge >= 0.3 is 0 Å². The Kier molecular flexibility index (Phi) is 5.08. The second-order valence-corrected chi connectivity index (χ2v) is 6.94. The van der Waals surface area contributed by atoms with Gasteiger partial charge in [-0.1, -0.05) is 29.8 Å². The molecule has 8 heteroatoms. The van der Waals surface area contributed by atoms with Gasteiger partial charge in [-0.3, -0.25) is 14.3 Å². The summed E-state index contributed by atoms with van der Waals surface area (Å²) in [6.45, 7) is 2.40. The highest BCUT2D eigenvalue weighted by molar-refractivity contribution is 6.30. The number of halogens is 1. The molecule has 3 heterocycles. The Morgan fingerprint density at radius 3 is 2.82 bits per heavy atom. The molecule has 4 rings (SSSR count). The van der Waals surface area contributed by atoms with Crippen LogP contribution < -0.4 is 5.32 Å². The highest BCUT2D eigenvalue weighted by Crippen LogP contribution is 2.25. The summed E-state index contributed by atoms with van der Waals surface area (Å²) in [6, 6.07) is 13.2. The minimum Gasteiger partial charge on any atom is -0.355 e. The van der Waals surface area contributed by atoms with E-state index in [9.17, 15) is 4.79 Å². The Hall–Kier alpha value is -3.19. The molecule has 7 nitrogen and oxygen atoms in total. The highest BCUT2D eigenvalue weighted by atomic mass is 35.5. The Morgan fingerprint density at radius 2 is 2.00 bits per heavy atom. The van der Waals surface area contributed by atoms with Gasteiger partial charge in [-0.15, -0.1) is 10.2 Å². The van der Waals surface area contributed by atoms with Crippen LogP contribution in [0.5, 0.6) is 0 Å². The maximum Gasteiger partial charge on any atom is 0.224 e. The van der Waals surface area contributed by atoms with Crippen LogP contribution in [0.3, 0.4) is 0 Å². The molecule has 0 saturated carbocycles. The zero-order chi connectivity index (χ0) is 19.5. The van der Waals surface area contributed by atoms with Gasteiger partial charge in [0.25, 0.3) is 0 Å². The first kappa shape index (κ1) is 18.2. The first-order valence-corrected chi connectivity index (χ1v) is 9.35. The van der Waals surface area contributed by atoms with Crippen molar-refractivity contribution >= 4 is 23.2 Å². The minimum absolute atomic E-state index is 0.0615. The number of pyridine rings is 1. The van der Waals surface area contributed by atoms with Crippen LogP contribution in [0.1, 0.15) is 17.1 Å². The lowest BCUT2D eigenvalue weighted by atomic mass is 10.0. The Morgan fingerprint density at radius 1 is 1.18 bits per heavy atom. The number of aromatic amines is 1. The predicted molar refractivity (Wildman–Crippen MR) is 107 cm³/mol. The summed E-state index contributed by atoms with van der Waals surface area (Å²) in [4.78, 5) is 12.5. The molecule has 4 aromatic rings. The summed E-state index contributed by atoms with van der Waals surface area (Å²) in [5, 5.41) is 19.2. The Bertz CT molecular complexity index is 1120. The second-order valence-electron chi connectivity index (χ2n) is 6.50. The number of H-pyrrole nitrogens is 1. The van der Waals surface area contributed by atoms with Crippen LogP contribution in [-0.4, -0.2) is 37.2 Å². The SMILES string of the molecule is Cc1[nH]nc(-c2ccc(Cl)cc2)c1CC(=O)NCCc1nnc2ccccn12. The number of amides is 1. The number of aromatic nitrogens is 5. The quantitative estimate of drug-likeness (QED) is 0.526. The van der Waals surface area contributed by atoms with Crippen LogP contribution in [0.4, 0.5) is 0 Å². The zero-order valence-electron chi connectivity index (χ0n) is 15.3. The van der Waals surface area contributed by atoms with Crippen LogP contribution in [0.2, 0.25) is 5.02 Å². The topological polar surface area (TPSA) is 88.0 Å². The van der Waals surface area contributed by atoms with Crippen LogP contribution >= 0.6 is 11.6 Å². The Balaban J connectivity index is 1.40. The molecule has 0 spiro atoms. The van der Waals surface area contributed by atoms with Crippen molar-refractivity contribution in [3.8, 4) is 11.3 Å². The summed E-state index contributed by atoms with van der Waals surface area (Å²) in [7, 11) is 0. The molecule has 1 amide bonds. The number of rotatable bonds is 6. The number of carbonyl (C=O) groups excluding carboxylic acids is 1. The van der Waals surface area contributed by atoms with Gasteiger partial charge in [0.2, 0.25) is 5.91 Å². The summed E-state index contributed by atoms with van der Waals surface area (Å²) < 4.78 is 1.92. The third kappa shape index (κ3) is 3.75. The highest BCUT2D eigenvalue weighted by Gasteiger charge is 2.16. The summed E-state index contributed by atoms with van der Waals surface area (Å²) in [5.74, 6) is 0.755. The van der Waals surface area contributed by atoms with Crippen molar-refractivity contribution in [3.63, 3.8) is 0 Å². The van der Waals surface area contributed by atoms with Crippen molar-refractivity contribution in [1.82, 2.24) is 30.1 Å². The fourth-order valence-corrected chi connectivity index (χ4v) is 3.24. The predicted octanol–water partition coefficient (Wildman–Crippen LogP) is 2.98. The van der Waals surface area contributed by atoms with E-state index < -0.39 is 0 Å². The van der Waals surface area contributed by atoms with Crippen molar-refractivity contribution in [3.05, 3.63) is 70.8 Å². The molecule has 0 radical (unpaired) electrons. The van der Waals surface area contributed by atoms with Crippen LogP contribution in [0.15, 0.2) is 48.7 Å². The molecule has 0 aliphatic heterocycles. The molecule has 0 bridgehead atoms. The molecular weight excluding hydrogens is 376 g/mol. The molecule has 0 fully saturated rings. The Labute approximate surface area is 166 Å². The summed E-state index contributed by atoms with van der Waals surface area (Å²) >= 11 is 5.96.